The van der Waals surface area contributed by atoms with Crippen molar-refractivity contribution in [2.75, 3.05) is 13.2 Å². The first kappa shape index (κ1) is 22.7. The number of benzene rings is 2. The topological polar surface area (TPSA) is 27.7 Å². The summed E-state index contributed by atoms with van der Waals surface area (Å²) in [6, 6.07) is 4.94. The molecule has 2 unspecified atom stereocenters. The van der Waals surface area contributed by atoms with Gasteiger partial charge < -0.3 is 14.2 Å². The van der Waals surface area contributed by atoms with Gasteiger partial charge in [-0.15, -0.1) is 6.58 Å². The zero-order valence-electron chi connectivity index (χ0n) is 18.4. The SMILES string of the molecule is C=CCCc1ccc2c(c1F)Oc1c(cc(OCC3CCC(CCC)OC3)c(F)c1F)C2. The van der Waals surface area contributed by atoms with E-state index in [0.29, 0.717) is 36.1 Å². The van der Waals surface area contributed by atoms with E-state index < -0.39 is 17.5 Å². The smallest absolute Gasteiger partial charge is 0.205 e. The lowest BCUT2D eigenvalue weighted by molar-refractivity contribution is -0.0310. The molecule has 6 heteroatoms. The first-order valence-electron chi connectivity index (χ1n) is 11.4. The largest absolute Gasteiger partial charge is 0.490 e. The maximum atomic E-state index is 14.9. The summed E-state index contributed by atoms with van der Waals surface area (Å²) in [5.41, 5.74) is 1.49. The Morgan fingerprint density at radius 3 is 2.62 bits per heavy atom. The molecule has 0 amide bonds. The lowest BCUT2D eigenvalue weighted by atomic mass is 9.96. The number of halogens is 3. The molecule has 0 bridgehead atoms. The van der Waals surface area contributed by atoms with Crippen LogP contribution in [-0.4, -0.2) is 19.3 Å². The molecular weight excluding hydrogens is 417 g/mol. The molecule has 0 aromatic heterocycles. The van der Waals surface area contributed by atoms with E-state index in [1.807, 2.05) is 0 Å². The average Bonchev–Trinajstić information content (AvgIpc) is 2.80. The Morgan fingerprint density at radius 2 is 1.91 bits per heavy atom. The van der Waals surface area contributed by atoms with Gasteiger partial charge in [-0.2, -0.15) is 8.78 Å². The quantitative estimate of drug-likeness (QED) is 0.353. The Balaban J connectivity index is 1.48. The normalized spacial score (nSPS) is 19.6. The lowest BCUT2D eigenvalue weighted by Crippen LogP contribution is -2.29. The highest BCUT2D eigenvalue weighted by Gasteiger charge is 2.29. The average molecular weight is 447 g/mol. The summed E-state index contributed by atoms with van der Waals surface area (Å²) in [4.78, 5) is 0. The summed E-state index contributed by atoms with van der Waals surface area (Å²) < 4.78 is 61.5. The van der Waals surface area contributed by atoms with Crippen LogP contribution < -0.4 is 9.47 Å². The minimum Gasteiger partial charge on any atom is -0.490 e. The highest BCUT2D eigenvalue weighted by atomic mass is 19.2. The minimum absolute atomic E-state index is 0.0352. The molecule has 172 valence electrons. The van der Waals surface area contributed by atoms with E-state index in [1.54, 1.807) is 18.2 Å². The molecule has 2 aromatic carbocycles. The van der Waals surface area contributed by atoms with Crippen LogP contribution >= 0.6 is 0 Å². The third-order valence-corrected chi connectivity index (χ3v) is 6.22. The van der Waals surface area contributed by atoms with Gasteiger partial charge in [-0.1, -0.05) is 31.6 Å². The van der Waals surface area contributed by atoms with Crippen LogP contribution in [0.15, 0.2) is 30.9 Å². The van der Waals surface area contributed by atoms with E-state index in [2.05, 4.69) is 13.5 Å². The molecule has 0 spiro atoms. The van der Waals surface area contributed by atoms with Crippen LogP contribution in [0.1, 0.15) is 55.7 Å². The van der Waals surface area contributed by atoms with Crippen molar-refractivity contribution in [3.05, 3.63) is 65.0 Å². The van der Waals surface area contributed by atoms with E-state index in [0.717, 1.165) is 25.7 Å². The van der Waals surface area contributed by atoms with E-state index in [4.69, 9.17) is 14.2 Å². The van der Waals surface area contributed by atoms with E-state index >= 15 is 0 Å². The minimum atomic E-state index is -1.15. The first-order valence-corrected chi connectivity index (χ1v) is 11.4. The van der Waals surface area contributed by atoms with Crippen molar-refractivity contribution in [3.63, 3.8) is 0 Å². The standard InChI is InChI=1S/C26H29F3O3/c1-3-5-7-17-9-10-18-12-19-13-21(23(28)24(29)26(19)32-25(18)22(17)27)31-15-16-8-11-20(6-4-2)30-14-16/h3,9-10,13,16,20H,1,4-8,11-12,14-15H2,2H3. The van der Waals surface area contributed by atoms with Gasteiger partial charge in [0.05, 0.1) is 19.3 Å². The van der Waals surface area contributed by atoms with Crippen LogP contribution in [0.2, 0.25) is 0 Å². The van der Waals surface area contributed by atoms with Crippen molar-refractivity contribution < 1.29 is 27.4 Å². The van der Waals surface area contributed by atoms with Gasteiger partial charge in [0, 0.05) is 23.5 Å². The second-order valence-electron chi connectivity index (χ2n) is 8.62. The summed E-state index contributed by atoms with van der Waals surface area (Å²) in [5, 5.41) is 0. The van der Waals surface area contributed by atoms with Gasteiger partial charge in [0.2, 0.25) is 11.6 Å². The fraction of sp³-hybridized carbons (Fsp3) is 0.462. The molecule has 2 aliphatic heterocycles. The number of hydrogen-bond acceptors (Lipinski definition) is 3. The van der Waals surface area contributed by atoms with Gasteiger partial charge in [-0.05, 0) is 43.7 Å². The van der Waals surface area contributed by atoms with Gasteiger partial charge in [0.1, 0.15) is 0 Å². The maximum Gasteiger partial charge on any atom is 0.205 e. The summed E-state index contributed by atoms with van der Waals surface area (Å²) in [6.07, 6.45) is 7.30. The molecule has 0 radical (unpaired) electrons. The molecule has 2 aromatic rings. The molecule has 32 heavy (non-hydrogen) atoms. The molecule has 0 saturated carbocycles. The number of fused-ring (bicyclic) bond motifs is 2. The van der Waals surface area contributed by atoms with Crippen LogP contribution in [0.25, 0.3) is 0 Å². The van der Waals surface area contributed by atoms with Crippen LogP contribution in [0.5, 0.6) is 17.2 Å². The van der Waals surface area contributed by atoms with Gasteiger partial charge in [-0.25, -0.2) is 4.39 Å². The number of aryl methyl sites for hydroxylation is 1. The summed E-state index contributed by atoms with van der Waals surface area (Å²) >= 11 is 0. The highest BCUT2D eigenvalue weighted by molar-refractivity contribution is 5.54. The first-order chi connectivity index (χ1) is 15.5. The van der Waals surface area contributed by atoms with E-state index in [1.165, 1.54) is 6.07 Å². The molecule has 1 fully saturated rings. The van der Waals surface area contributed by atoms with Crippen LogP contribution in [-0.2, 0) is 17.6 Å². The highest BCUT2D eigenvalue weighted by Crippen LogP contribution is 2.43. The number of allylic oxidation sites excluding steroid dienone is 1. The molecule has 0 N–H and O–H groups in total. The van der Waals surface area contributed by atoms with Crippen molar-refractivity contribution in [3.8, 4) is 17.2 Å². The van der Waals surface area contributed by atoms with Gasteiger partial charge in [-0.3, -0.25) is 0 Å². The van der Waals surface area contributed by atoms with E-state index in [-0.39, 0.29) is 42.3 Å². The van der Waals surface area contributed by atoms with Crippen LogP contribution in [0.3, 0.4) is 0 Å². The number of hydrogen-bond donors (Lipinski definition) is 0. The van der Waals surface area contributed by atoms with Crippen LogP contribution in [0.4, 0.5) is 13.2 Å². The number of rotatable bonds is 8. The lowest BCUT2D eigenvalue weighted by Gasteiger charge is -2.29. The predicted molar refractivity (Wildman–Crippen MR) is 117 cm³/mol. The van der Waals surface area contributed by atoms with Crippen molar-refractivity contribution >= 4 is 0 Å². The molecule has 2 heterocycles. The molecular formula is C26H29F3O3. The Labute approximate surface area is 187 Å². The zero-order chi connectivity index (χ0) is 22.7. The third kappa shape index (κ3) is 4.65. The second-order valence-corrected chi connectivity index (χ2v) is 8.62. The fourth-order valence-electron chi connectivity index (χ4n) is 4.38. The van der Waals surface area contributed by atoms with Crippen molar-refractivity contribution in [2.24, 2.45) is 5.92 Å². The van der Waals surface area contributed by atoms with Gasteiger partial charge in [0.15, 0.2) is 23.1 Å². The Kier molecular flexibility index (Phi) is 7.09. The summed E-state index contributed by atoms with van der Waals surface area (Å²) in [5.74, 6) is -3.11. The van der Waals surface area contributed by atoms with Crippen molar-refractivity contribution in [1.29, 1.82) is 0 Å². The molecule has 3 nitrogen and oxygen atoms in total. The molecule has 0 aliphatic carbocycles. The second kappa shape index (κ2) is 9.99. The molecule has 4 rings (SSSR count). The monoisotopic (exact) mass is 446 g/mol. The zero-order valence-corrected chi connectivity index (χ0v) is 18.4. The van der Waals surface area contributed by atoms with Crippen molar-refractivity contribution in [2.45, 2.75) is 58.0 Å². The van der Waals surface area contributed by atoms with Crippen LogP contribution in [0, 0.1) is 23.4 Å². The predicted octanol–water partition coefficient (Wildman–Crippen LogP) is 6.89. The molecule has 2 aliphatic rings. The Morgan fingerprint density at radius 1 is 1.09 bits per heavy atom. The number of ether oxygens (including phenoxy) is 3. The molecule has 1 saturated heterocycles. The Hall–Kier alpha value is -2.47. The van der Waals surface area contributed by atoms with Gasteiger partial charge in [0.25, 0.3) is 0 Å². The molecule has 2 atom stereocenters. The Bertz CT molecular complexity index is 981. The third-order valence-electron chi connectivity index (χ3n) is 6.22. The fourth-order valence-corrected chi connectivity index (χ4v) is 4.38. The maximum absolute atomic E-state index is 14.9. The van der Waals surface area contributed by atoms with Gasteiger partial charge >= 0.3 is 0 Å². The summed E-state index contributed by atoms with van der Waals surface area (Å²) in [6.45, 7) is 6.59. The van der Waals surface area contributed by atoms with Crippen molar-refractivity contribution in [1.82, 2.24) is 0 Å². The summed E-state index contributed by atoms with van der Waals surface area (Å²) in [7, 11) is 0. The van der Waals surface area contributed by atoms with E-state index in [9.17, 15) is 13.2 Å².